The number of halogens is 3. The van der Waals surface area contributed by atoms with Gasteiger partial charge < -0.3 is 0 Å². The molecule has 21 heavy (non-hydrogen) atoms. The summed E-state index contributed by atoms with van der Waals surface area (Å²) in [5.74, 6) is 0.962. The van der Waals surface area contributed by atoms with Gasteiger partial charge in [0.2, 0.25) is 0 Å². The molecule has 0 aliphatic carbocycles. The van der Waals surface area contributed by atoms with Crippen molar-refractivity contribution in [3.8, 4) is 11.8 Å². The fourth-order valence-corrected chi connectivity index (χ4v) is 3.07. The minimum atomic E-state index is 0.262. The molecule has 0 radical (unpaired) electrons. The van der Waals surface area contributed by atoms with Crippen LogP contribution in [0.3, 0.4) is 0 Å². The van der Waals surface area contributed by atoms with Crippen LogP contribution in [-0.2, 0) is 5.88 Å². The second kappa shape index (κ2) is 5.84. The maximum absolute atomic E-state index is 9.08. The molecule has 0 amide bonds. The van der Waals surface area contributed by atoms with E-state index < -0.39 is 0 Å². The van der Waals surface area contributed by atoms with E-state index in [2.05, 4.69) is 33.6 Å². The van der Waals surface area contributed by atoms with E-state index in [1.54, 1.807) is 18.2 Å². The Balaban J connectivity index is 2.36. The van der Waals surface area contributed by atoms with Gasteiger partial charge in [0.05, 0.1) is 39.3 Å². The van der Waals surface area contributed by atoms with Crippen LogP contribution < -0.4 is 0 Å². The lowest BCUT2D eigenvalue weighted by molar-refractivity contribution is 0.981. The SMILES string of the molecule is N#Cc1ccc(Cl)c(-n2c(CCl)nc3cc(I)ccc32)c1. The topological polar surface area (TPSA) is 41.6 Å². The second-order valence-corrected chi connectivity index (χ2v) is 6.33. The Labute approximate surface area is 145 Å². The molecule has 1 aromatic heterocycles. The van der Waals surface area contributed by atoms with Crippen molar-refractivity contribution < 1.29 is 0 Å². The van der Waals surface area contributed by atoms with Gasteiger partial charge in [-0.2, -0.15) is 5.26 Å². The molecule has 1 heterocycles. The molecule has 0 bridgehead atoms. The van der Waals surface area contributed by atoms with Crippen molar-refractivity contribution >= 4 is 56.8 Å². The number of imidazole rings is 1. The largest absolute Gasteiger partial charge is 0.294 e. The summed E-state index contributed by atoms with van der Waals surface area (Å²) >= 11 is 14.6. The number of nitriles is 1. The first-order valence-corrected chi connectivity index (χ1v) is 8.06. The number of alkyl halides is 1. The molecule has 0 atom stereocenters. The van der Waals surface area contributed by atoms with Gasteiger partial charge in [-0.15, -0.1) is 11.6 Å². The molecule has 0 spiro atoms. The van der Waals surface area contributed by atoms with Gasteiger partial charge in [0.15, 0.2) is 0 Å². The lowest BCUT2D eigenvalue weighted by Crippen LogP contribution is -2.00. The summed E-state index contributed by atoms with van der Waals surface area (Å²) < 4.78 is 3.00. The summed E-state index contributed by atoms with van der Waals surface area (Å²) in [6.07, 6.45) is 0. The van der Waals surface area contributed by atoms with E-state index in [0.717, 1.165) is 20.3 Å². The zero-order valence-electron chi connectivity index (χ0n) is 10.6. The van der Waals surface area contributed by atoms with E-state index in [1.165, 1.54) is 0 Å². The molecule has 0 saturated carbocycles. The fourth-order valence-electron chi connectivity index (χ4n) is 2.22. The third-order valence-electron chi connectivity index (χ3n) is 3.12. The highest BCUT2D eigenvalue weighted by molar-refractivity contribution is 14.1. The lowest BCUT2D eigenvalue weighted by atomic mass is 10.2. The molecule has 104 valence electrons. The Hall–Kier alpha value is -1.29. The van der Waals surface area contributed by atoms with E-state index in [4.69, 9.17) is 28.5 Å². The number of aromatic nitrogens is 2. The molecular weight excluding hydrogens is 420 g/mol. The summed E-state index contributed by atoms with van der Waals surface area (Å²) in [5, 5.41) is 9.64. The molecule has 0 aliphatic heterocycles. The number of rotatable bonds is 2. The van der Waals surface area contributed by atoms with Crippen LogP contribution in [0.5, 0.6) is 0 Å². The summed E-state index contributed by atoms with van der Waals surface area (Å²) in [6.45, 7) is 0. The van der Waals surface area contributed by atoms with E-state index in [1.807, 2.05) is 22.8 Å². The molecule has 3 nitrogen and oxygen atoms in total. The first-order chi connectivity index (χ1) is 10.1. The highest BCUT2D eigenvalue weighted by Gasteiger charge is 2.15. The number of benzene rings is 2. The zero-order valence-corrected chi connectivity index (χ0v) is 14.3. The van der Waals surface area contributed by atoms with Gasteiger partial charge in [0.1, 0.15) is 5.82 Å². The van der Waals surface area contributed by atoms with Crippen molar-refractivity contribution in [2.75, 3.05) is 0 Å². The molecular formula is C15H8Cl2IN3. The maximum Gasteiger partial charge on any atom is 0.129 e. The third-order valence-corrected chi connectivity index (χ3v) is 4.35. The van der Waals surface area contributed by atoms with Crippen LogP contribution in [0.25, 0.3) is 16.7 Å². The first kappa shape index (κ1) is 14.6. The standard InChI is InChI=1S/C15H8Cl2IN3/c16-7-15-20-12-6-10(18)2-4-13(12)21(15)14-5-9(8-19)1-3-11(14)17/h1-6H,7H2. The van der Waals surface area contributed by atoms with Gasteiger partial charge in [-0.05, 0) is 59.0 Å². The summed E-state index contributed by atoms with van der Waals surface area (Å²) in [4.78, 5) is 4.55. The Morgan fingerprint density at radius 1 is 1.24 bits per heavy atom. The molecule has 3 rings (SSSR count). The van der Waals surface area contributed by atoms with Crippen LogP contribution in [0.4, 0.5) is 0 Å². The van der Waals surface area contributed by atoms with E-state index in [9.17, 15) is 0 Å². The minimum Gasteiger partial charge on any atom is -0.294 e. The average Bonchev–Trinajstić information content (AvgIpc) is 2.85. The quantitative estimate of drug-likeness (QED) is 0.431. The van der Waals surface area contributed by atoms with Crippen LogP contribution >= 0.6 is 45.8 Å². The van der Waals surface area contributed by atoms with Crippen LogP contribution in [0.15, 0.2) is 36.4 Å². The monoisotopic (exact) mass is 427 g/mol. The Morgan fingerprint density at radius 2 is 2.05 bits per heavy atom. The van der Waals surface area contributed by atoms with E-state index >= 15 is 0 Å². The molecule has 0 fully saturated rings. The molecule has 0 aliphatic rings. The van der Waals surface area contributed by atoms with E-state index in [0.29, 0.717) is 16.4 Å². The Kier molecular flexibility index (Phi) is 4.07. The molecule has 0 saturated heterocycles. The molecule has 0 unspecified atom stereocenters. The molecule has 6 heteroatoms. The Morgan fingerprint density at radius 3 is 2.76 bits per heavy atom. The van der Waals surface area contributed by atoms with Crippen molar-refractivity contribution in [3.05, 3.63) is 56.4 Å². The zero-order chi connectivity index (χ0) is 15.0. The summed E-state index contributed by atoms with van der Waals surface area (Å²) in [7, 11) is 0. The number of nitrogens with zero attached hydrogens (tertiary/aromatic N) is 3. The predicted octanol–water partition coefficient (Wildman–Crippen LogP) is 4.89. The van der Waals surface area contributed by atoms with Crippen LogP contribution in [0.1, 0.15) is 11.4 Å². The van der Waals surface area contributed by atoms with Crippen LogP contribution in [-0.4, -0.2) is 9.55 Å². The van der Waals surface area contributed by atoms with Crippen molar-refractivity contribution in [2.24, 2.45) is 0 Å². The lowest BCUT2D eigenvalue weighted by Gasteiger charge is -2.10. The number of hydrogen-bond donors (Lipinski definition) is 0. The van der Waals surface area contributed by atoms with Crippen molar-refractivity contribution in [1.82, 2.24) is 9.55 Å². The first-order valence-electron chi connectivity index (χ1n) is 6.07. The molecule has 0 N–H and O–H groups in total. The fraction of sp³-hybridized carbons (Fsp3) is 0.0667. The average molecular weight is 428 g/mol. The minimum absolute atomic E-state index is 0.262. The molecule has 2 aromatic carbocycles. The van der Waals surface area contributed by atoms with Gasteiger partial charge in [0, 0.05) is 3.57 Å². The van der Waals surface area contributed by atoms with Crippen LogP contribution in [0.2, 0.25) is 5.02 Å². The summed E-state index contributed by atoms with van der Waals surface area (Å²) in [6, 6.07) is 13.2. The third kappa shape index (κ3) is 2.61. The normalized spacial score (nSPS) is 10.8. The van der Waals surface area contributed by atoms with Gasteiger partial charge in [-0.3, -0.25) is 4.57 Å². The highest BCUT2D eigenvalue weighted by atomic mass is 127. The molecule has 3 aromatic rings. The summed E-state index contributed by atoms with van der Waals surface area (Å²) in [5.41, 5.74) is 3.04. The smallest absolute Gasteiger partial charge is 0.129 e. The van der Waals surface area contributed by atoms with Crippen molar-refractivity contribution in [2.45, 2.75) is 5.88 Å². The van der Waals surface area contributed by atoms with Gasteiger partial charge in [-0.1, -0.05) is 11.6 Å². The van der Waals surface area contributed by atoms with E-state index in [-0.39, 0.29) is 5.88 Å². The van der Waals surface area contributed by atoms with Gasteiger partial charge in [0.25, 0.3) is 0 Å². The van der Waals surface area contributed by atoms with Crippen LogP contribution in [0, 0.1) is 14.9 Å². The predicted molar refractivity (Wildman–Crippen MR) is 93.1 cm³/mol. The van der Waals surface area contributed by atoms with Crippen molar-refractivity contribution in [1.29, 1.82) is 5.26 Å². The highest BCUT2D eigenvalue weighted by Crippen LogP contribution is 2.29. The maximum atomic E-state index is 9.08. The Bertz CT molecular complexity index is 880. The number of hydrogen-bond acceptors (Lipinski definition) is 2. The van der Waals surface area contributed by atoms with Crippen molar-refractivity contribution in [3.63, 3.8) is 0 Å². The second-order valence-electron chi connectivity index (χ2n) is 4.41. The van der Waals surface area contributed by atoms with Gasteiger partial charge >= 0.3 is 0 Å². The van der Waals surface area contributed by atoms with Gasteiger partial charge in [-0.25, -0.2) is 4.98 Å². The number of fused-ring (bicyclic) bond motifs is 1.